The lowest BCUT2D eigenvalue weighted by Gasteiger charge is -2.02. The molecule has 0 N–H and O–H groups in total. The van der Waals surface area contributed by atoms with E-state index < -0.39 is 0 Å². The summed E-state index contributed by atoms with van der Waals surface area (Å²) in [4.78, 5) is 12.5. The van der Waals surface area contributed by atoms with Crippen LogP contribution >= 0.6 is 0 Å². The van der Waals surface area contributed by atoms with Gasteiger partial charge in [-0.05, 0) is 13.8 Å². The molecule has 80 valence electrons. The number of hydrogen-bond acceptors (Lipinski definition) is 3. The van der Waals surface area contributed by atoms with Crippen LogP contribution in [-0.4, -0.2) is 19.5 Å². The van der Waals surface area contributed by atoms with Crippen molar-refractivity contribution in [3.8, 4) is 5.82 Å². The van der Waals surface area contributed by atoms with Crippen molar-refractivity contribution in [3.63, 3.8) is 0 Å². The maximum absolute atomic E-state index is 4.24. The molecule has 0 fully saturated rings. The van der Waals surface area contributed by atoms with Crippen molar-refractivity contribution in [1.29, 1.82) is 0 Å². The molecule has 0 aromatic carbocycles. The van der Waals surface area contributed by atoms with E-state index in [9.17, 15) is 0 Å². The lowest BCUT2D eigenvalue weighted by Crippen LogP contribution is -1.99. The van der Waals surface area contributed by atoms with Crippen molar-refractivity contribution >= 4 is 0 Å². The van der Waals surface area contributed by atoms with Crippen LogP contribution < -0.4 is 0 Å². The van der Waals surface area contributed by atoms with Gasteiger partial charge in [-0.15, -0.1) is 0 Å². The second kappa shape index (κ2) is 5.24. The molecule has 0 spiro atoms. The lowest BCUT2D eigenvalue weighted by molar-refractivity contribution is 0.910. The zero-order valence-corrected chi connectivity index (χ0v) is 9.60. The Morgan fingerprint density at radius 1 is 1.00 bits per heavy atom. The summed E-state index contributed by atoms with van der Waals surface area (Å²) in [5.41, 5.74) is 0.918. The summed E-state index contributed by atoms with van der Waals surface area (Å²) in [6, 6.07) is 0. The molecule has 0 aliphatic heterocycles. The van der Waals surface area contributed by atoms with Crippen molar-refractivity contribution in [2.45, 2.75) is 27.7 Å². The quantitative estimate of drug-likeness (QED) is 0.716. The van der Waals surface area contributed by atoms with E-state index in [4.69, 9.17) is 0 Å². The molecule has 0 saturated heterocycles. The Labute approximate surface area is 90.0 Å². The molecule has 0 radical (unpaired) electrons. The van der Waals surface area contributed by atoms with Crippen LogP contribution in [-0.2, 0) is 0 Å². The molecule has 2 heterocycles. The number of imidazole rings is 1. The van der Waals surface area contributed by atoms with Crippen LogP contribution in [0.25, 0.3) is 5.82 Å². The van der Waals surface area contributed by atoms with Gasteiger partial charge in [0, 0.05) is 12.4 Å². The molecule has 15 heavy (non-hydrogen) atoms. The lowest BCUT2D eigenvalue weighted by atomic mass is 10.5. The minimum atomic E-state index is 0.806. The first-order chi connectivity index (χ1) is 7.27. The highest BCUT2D eigenvalue weighted by Gasteiger charge is 2.00. The zero-order valence-electron chi connectivity index (χ0n) is 9.60. The summed E-state index contributed by atoms with van der Waals surface area (Å²) in [6.07, 6.45) is 7.10. The van der Waals surface area contributed by atoms with Crippen LogP contribution in [0.5, 0.6) is 0 Å². The Bertz CT molecular complexity index is 403. The Morgan fingerprint density at radius 2 is 1.73 bits per heavy atom. The fourth-order valence-electron chi connectivity index (χ4n) is 1.13. The highest BCUT2D eigenvalue weighted by Crippen LogP contribution is 2.04. The average molecular weight is 204 g/mol. The molecule has 2 aromatic heterocycles. The summed E-state index contributed by atoms with van der Waals surface area (Å²) in [5.74, 6) is 1.72. The van der Waals surface area contributed by atoms with Gasteiger partial charge in [0.1, 0.15) is 5.82 Å². The van der Waals surface area contributed by atoms with E-state index in [2.05, 4.69) is 15.0 Å². The largest absolute Gasteiger partial charge is 0.287 e. The van der Waals surface area contributed by atoms with Gasteiger partial charge in [0.25, 0.3) is 0 Å². The summed E-state index contributed by atoms with van der Waals surface area (Å²) in [5, 5.41) is 0. The van der Waals surface area contributed by atoms with E-state index in [1.165, 1.54) is 0 Å². The molecule has 0 saturated carbocycles. The number of nitrogens with zero attached hydrogens (tertiary/aromatic N) is 4. The summed E-state index contributed by atoms with van der Waals surface area (Å²) < 4.78 is 1.90. The number of aromatic nitrogens is 4. The smallest absolute Gasteiger partial charge is 0.156 e. The molecule has 0 bridgehead atoms. The second-order valence-corrected chi connectivity index (χ2v) is 2.86. The zero-order chi connectivity index (χ0) is 11.3. The van der Waals surface area contributed by atoms with Crippen molar-refractivity contribution in [2.75, 3.05) is 0 Å². The maximum atomic E-state index is 4.24. The molecule has 0 aliphatic rings. The number of rotatable bonds is 1. The van der Waals surface area contributed by atoms with Gasteiger partial charge in [0.2, 0.25) is 0 Å². The molecular formula is C11H16N4. The Hall–Kier alpha value is -1.71. The van der Waals surface area contributed by atoms with Gasteiger partial charge in [0.05, 0.1) is 18.1 Å². The third-order valence-electron chi connectivity index (χ3n) is 1.84. The first kappa shape index (κ1) is 11.4. The van der Waals surface area contributed by atoms with Gasteiger partial charge in [-0.3, -0.25) is 9.55 Å². The first-order valence-electron chi connectivity index (χ1n) is 5.06. The third kappa shape index (κ3) is 2.62. The van der Waals surface area contributed by atoms with E-state index in [0.29, 0.717) is 0 Å². The standard InChI is InChI=1S/C9H10N4.C2H6/c1-7-5-12-9(6-11-7)13-4-3-10-8(13)2;1-2/h3-6H,1-2H3;1-2H3. The molecule has 0 amide bonds. The molecule has 4 nitrogen and oxygen atoms in total. The molecule has 2 rings (SSSR count). The molecule has 0 aliphatic carbocycles. The predicted molar refractivity (Wildman–Crippen MR) is 60.0 cm³/mol. The molecule has 4 heteroatoms. The van der Waals surface area contributed by atoms with Crippen LogP contribution in [0, 0.1) is 13.8 Å². The van der Waals surface area contributed by atoms with Crippen LogP contribution in [0.4, 0.5) is 0 Å². The minimum absolute atomic E-state index is 0.806. The van der Waals surface area contributed by atoms with Crippen LogP contribution in [0.2, 0.25) is 0 Å². The Kier molecular flexibility index (Phi) is 3.97. The van der Waals surface area contributed by atoms with E-state index in [1.807, 2.05) is 38.5 Å². The van der Waals surface area contributed by atoms with Gasteiger partial charge in [-0.2, -0.15) is 0 Å². The fraction of sp³-hybridized carbons (Fsp3) is 0.364. The molecule has 0 atom stereocenters. The molecule has 0 unspecified atom stereocenters. The number of aryl methyl sites for hydroxylation is 2. The maximum Gasteiger partial charge on any atom is 0.156 e. The second-order valence-electron chi connectivity index (χ2n) is 2.86. The predicted octanol–water partition coefficient (Wildman–Crippen LogP) is 2.31. The fourth-order valence-corrected chi connectivity index (χ4v) is 1.13. The Balaban J connectivity index is 0.000000531. The van der Waals surface area contributed by atoms with Crippen molar-refractivity contribution in [2.24, 2.45) is 0 Å². The monoisotopic (exact) mass is 204 g/mol. The average Bonchev–Trinajstić information content (AvgIpc) is 2.69. The van der Waals surface area contributed by atoms with Gasteiger partial charge in [-0.25, -0.2) is 9.97 Å². The van der Waals surface area contributed by atoms with Crippen molar-refractivity contribution < 1.29 is 0 Å². The highest BCUT2D eigenvalue weighted by molar-refractivity contribution is 5.20. The molecule has 2 aromatic rings. The van der Waals surface area contributed by atoms with Gasteiger partial charge >= 0.3 is 0 Å². The van der Waals surface area contributed by atoms with Crippen LogP contribution in [0.15, 0.2) is 24.8 Å². The van der Waals surface area contributed by atoms with E-state index in [-0.39, 0.29) is 0 Å². The third-order valence-corrected chi connectivity index (χ3v) is 1.84. The Morgan fingerprint density at radius 3 is 2.20 bits per heavy atom. The topological polar surface area (TPSA) is 43.6 Å². The SMILES string of the molecule is CC.Cc1cnc(-n2ccnc2C)cn1. The normalized spacial score (nSPS) is 9.33. The summed E-state index contributed by atoms with van der Waals surface area (Å²) in [7, 11) is 0. The van der Waals surface area contributed by atoms with Crippen molar-refractivity contribution in [3.05, 3.63) is 36.3 Å². The van der Waals surface area contributed by atoms with E-state index in [1.54, 1.807) is 18.6 Å². The van der Waals surface area contributed by atoms with Crippen molar-refractivity contribution in [1.82, 2.24) is 19.5 Å². The number of hydrogen-bond donors (Lipinski definition) is 0. The summed E-state index contributed by atoms with van der Waals surface area (Å²) >= 11 is 0. The van der Waals surface area contributed by atoms with Gasteiger partial charge in [0.15, 0.2) is 5.82 Å². The van der Waals surface area contributed by atoms with Crippen LogP contribution in [0.1, 0.15) is 25.4 Å². The first-order valence-corrected chi connectivity index (χ1v) is 5.06. The molecular weight excluding hydrogens is 188 g/mol. The minimum Gasteiger partial charge on any atom is -0.287 e. The van der Waals surface area contributed by atoms with Gasteiger partial charge in [-0.1, -0.05) is 13.8 Å². The van der Waals surface area contributed by atoms with Gasteiger partial charge < -0.3 is 0 Å². The highest BCUT2D eigenvalue weighted by atomic mass is 15.1. The van der Waals surface area contributed by atoms with E-state index in [0.717, 1.165) is 17.3 Å². The van der Waals surface area contributed by atoms with Crippen LogP contribution in [0.3, 0.4) is 0 Å². The van der Waals surface area contributed by atoms with E-state index >= 15 is 0 Å². The summed E-state index contributed by atoms with van der Waals surface area (Å²) in [6.45, 7) is 7.85.